The summed E-state index contributed by atoms with van der Waals surface area (Å²) in [6.45, 7) is 3.72. The Hall–Kier alpha value is -3.77. The normalized spacial score (nSPS) is 13.4. The van der Waals surface area contributed by atoms with Crippen molar-refractivity contribution in [3.63, 3.8) is 0 Å². The third-order valence-corrected chi connectivity index (χ3v) is 6.41. The van der Waals surface area contributed by atoms with Gasteiger partial charge in [0, 0.05) is 35.6 Å². The van der Waals surface area contributed by atoms with Crippen LogP contribution in [0.25, 0.3) is 10.9 Å². The maximum absolute atomic E-state index is 12.8. The monoisotopic (exact) mass is 503 g/mol. The van der Waals surface area contributed by atoms with Crippen molar-refractivity contribution in [1.29, 1.82) is 0 Å². The van der Waals surface area contributed by atoms with E-state index in [2.05, 4.69) is 36.2 Å². The maximum atomic E-state index is 12.8. The summed E-state index contributed by atoms with van der Waals surface area (Å²) in [5.74, 6) is 0.515. The van der Waals surface area contributed by atoms with Gasteiger partial charge < -0.3 is 19.5 Å². The number of carbonyl (C=O) groups is 2. The van der Waals surface area contributed by atoms with Crippen molar-refractivity contribution < 1.29 is 14.3 Å². The topological polar surface area (TPSA) is 65.6 Å². The average Bonchev–Trinajstić information content (AvgIpc) is 3.33. The molecule has 1 N–H and O–H groups in total. The number of aryl methyl sites for hydroxylation is 1. The molecule has 2 amide bonds. The van der Waals surface area contributed by atoms with Crippen LogP contribution in [0.4, 0.5) is 0 Å². The van der Waals surface area contributed by atoms with Crippen LogP contribution in [0, 0.1) is 0 Å². The molecule has 0 aliphatic carbocycles. The van der Waals surface area contributed by atoms with Crippen LogP contribution in [0.1, 0.15) is 28.5 Å². The lowest BCUT2D eigenvalue weighted by Gasteiger charge is -2.34. The Balaban J connectivity index is 0.000000325. The number of benzene rings is 3. The molecular formula is C29H30ClN3O3. The molecule has 1 fully saturated rings. The van der Waals surface area contributed by atoms with Crippen molar-refractivity contribution in [2.24, 2.45) is 0 Å². The van der Waals surface area contributed by atoms with Crippen molar-refractivity contribution >= 4 is 34.3 Å². The number of amides is 2. The van der Waals surface area contributed by atoms with E-state index in [1.165, 1.54) is 5.56 Å². The van der Waals surface area contributed by atoms with Crippen LogP contribution in [-0.2, 0) is 17.8 Å². The lowest BCUT2D eigenvalue weighted by molar-refractivity contribution is -0.135. The molecule has 6 nitrogen and oxygen atoms in total. The number of aromatic nitrogens is 1. The second-order valence-electron chi connectivity index (χ2n) is 8.65. The minimum atomic E-state index is -0.179. The number of carbonyl (C=O) groups excluding carboxylic acids is 2. The van der Waals surface area contributed by atoms with Gasteiger partial charge in [-0.15, -0.1) is 0 Å². The summed E-state index contributed by atoms with van der Waals surface area (Å²) in [5, 5.41) is 1.49. The lowest BCUT2D eigenvalue weighted by Crippen LogP contribution is -2.51. The van der Waals surface area contributed by atoms with Crippen molar-refractivity contribution in [3.05, 3.63) is 101 Å². The van der Waals surface area contributed by atoms with Gasteiger partial charge in [0.2, 0.25) is 5.91 Å². The Morgan fingerprint density at radius 1 is 0.972 bits per heavy atom. The molecule has 1 aromatic heterocycles. The Morgan fingerprint density at radius 3 is 2.44 bits per heavy atom. The zero-order valence-electron chi connectivity index (χ0n) is 20.5. The van der Waals surface area contributed by atoms with Crippen LogP contribution in [-0.4, -0.2) is 53.3 Å². The number of hydrogen-bond donors (Lipinski definition) is 1. The molecule has 2 heterocycles. The van der Waals surface area contributed by atoms with Crippen LogP contribution < -0.4 is 4.74 Å². The number of nitrogens with one attached hydrogen (secondary N) is 1. The third-order valence-electron chi connectivity index (χ3n) is 6.18. The van der Waals surface area contributed by atoms with Gasteiger partial charge in [-0.25, -0.2) is 0 Å². The average molecular weight is 504 g/mol. The Bertz CT molecular complexity index is 1340. The third kappa shape index (κ3) is 6.26. The van der Waals surface area contributed by atoms with Crippen LogP contribution >= 0.6 is 11.6 Å². The zero-order chi connectivity index (χ0) is 25.5. The SMILES string of the molecule is CCc1ccccc1.COc1cccc(CN2CCN(C(=O)c3cc4cc(Cl)ccc4[nH]3)CC2=O)c1. The molecule has 5 rings (SSSR count). The van der Waals surface area contributed by atoms with Crippen LogP contribution in [0.5, 0.6) is 5.75 Å². The van der Waals surface area contributed by atoms with E-state index in [4.69, 9.17) is 16.3 Å². The summed E-state index contributed by atoms with van der Waals surface area (Å²) in [6, 6.07) is 25.3. The van der Waals surface area contributed by atoms with Gasteiger partial charge >= 0.3 is 0 Å². The molecule has 1 aliphatic rings. The van der Waals surface area contributed by atoms with E-state index in [9.17, 15) is 9.59 Å². The molecular weight excluding hydrogens is 474 g/mol. The molecule has 0 radical (unpaired) electrons. The number of H-pyrrole nitrogens is 1. The van der Waals surface area contributed by atoms with E-state index in [-0.39, 0.29) is 18.4 Å². The molecule has 1 aliphatic heterocycles. The van der Waals surface area contributed by atoms with Crippen molar-refractivity contribution in [3.8, 4) is 5.75 Å². The number of piperazine rings is 1. The molecule has 3 aromatic carbocycles. The van der Waals surface area contributed by atoms with E-state index in [1.54, 1.807) is 35.1 Å². The first-order valence-corrected chi connectivity index (χ1v) is 12.4. The second kappa shape index (κ2) is 11.8. The Morgan fingerprint density at radius 2 is 1.75 bits per heavy atom. The molecule has 0 spiro atoms. The van der Waals surface area contributed by atoms with Gasteiger partial charge in [0.1, 0.15) is 18.0 Å². The molecule has 36 heavy (non-hydrogen) atoms. The minimum Gasteiger partial charge on any atom is -0.497 e. The Kier molecular flexibility index (Phi) is 8.28. The number of fused-ring (bicyclic) bond motifs is 1. The molecule has 4 aromatic rings. The van der Waals surface area contributed by atoms with E-state index >= 15 is 0 Å². The fourth-order valence-corrected chi connectivity index (χ4v) is 4.32. The first-order valence-electron chi connectivity index (χ1n) is 12.0. The number of methoxy groups -OCH3 is 1. The largest absolute Gasteiger partial charge is 0.497 e. The molecule has 7 heteroatoms. The quantitative estimate of drug-likeness (QED) is 0.387. The van der Waals surface area contributed by atoms with Crippen LogP contribution in [0.15, 0.2) is 78.9 Å². The number of rotatable bonds is 5. The van der Waals surface area contributed by atoms with Crippen molar-refractivity contribution in [2.75, 3.05) is 26.7 Å². The summed E-state index contributed by atoms with van der Waals surface area (Å²) in [7, 11) is 1.62. The summed E-state index contributed by atoms with van der Waals surface area (Å²) < 4.78 is 5.23. The summed E-state index contributed by atoms with van der Waals surface area (Å²) in [5.41, 5.74) is 3.72. The predicted octanol–water partition coefficient (Wildman–Crippen LogP) is 5.56. The van der Waals surface area contributed by atoms with Crippen LogP contribution in [0.2, 0.25) is 5.02 Å². The lowest BCUT2D eigenvalue weighted by atomic mass is 10.1. The number of aromatic amines is 1. The zero-order valence-corrected chi connectivity index (χ0v) is 21.3. The van der Waals surface area contributed by atoms with Crippen molar-refractivity contribution in [2.45, 2.75) is 19.9 Å². The molecule has 186 valence electrons. The van der Waals surface area contributed by atoms with Crippen molar-refractivity contribution in [1.82, 2.24) is 14.8 Å². The number of hydrogen-bond acceptors (Lipinski definition) is 3. The molecule has 0 unspecified atom stereocenters. The highest BCUT2D eigenvalue weighted by molar-refractivity contribution is 6.31. The van der Waals surface area contributed by atoms with Gasteiger partial charge in [-0.1, -0.05) is 61.0 Å². The summed E-state index contributed by atoms with van der Waals surface area (Å²) in [4.78, 5) is 31.9. The van der Waals surface area contributed by atoms with E-state index < -0.39 is 0 Å². The summed E-state index contributed by atoms with van der Waals surface area (Å²) in [6.07, 6.45) is 1.14. The number of halogens is 1. The van der Waals surface area contributed by atoms with Gasteiger partial charge in [0.15, 0.2) is 0 Å². The smallest absolute Gasteiger partial charge is 0.270 e. The maximum Gasteiger partial charge on any atom is 0.270 e. The standard InChI is InChI=1S/C21H20ClN3O3.C8H10/c1-28-17-4-2-3-14(9-17)12-24-7-8-25(13-20(24)26)21(27)19-11-15-10-16(22)5-6-18(15)23-19;1-2-8-6-4-3-5-7-8/h2-6,9-11,23H,7-8,12-13H2,1H3;3-7H,2H2,1H3. The first kappa shape index (κ1) is 25.3. The van der Waals surface area contributed by atoms with Crippen LogP contribution in [0.3, 0.4) is 0 Å². The Labute approximate surface area is 216 Å². The van der Waals surface area contributed by atoms with Gasteiger partial charge in [-0.05, 0) is 53.9 Å². The van der Waals surface area contributed by atoms with E-state index in [0.29, 0.717) is 30.4 Å². The molecule has 1 saturated heterocycles. The number of nitrogens with zero attached hydrogens (tertiary/aromatic N) is 2. The van der Waals surface area contributed by atoms with Gasteiger partial charge in [0.25, 0.3) is 5.91 Å². The molecule has 0 bridgehead atoms. The highest BCUT2D eigenvalue weighted by atomic mass is 35.5. The van der Waals surface area contributed by atoms with Gasteiger partial charge in [0.05, 0.1) is 7.11 Å². The highest BCUT2D eigenvalue weighted by Crippen LogP contribution is 2.22. The minimum absolute atomic E-state index is 0.0680. The highest BCUT2D eigenvalue weighted by Gasteiger charge is 2.28. The van der Waals surface area contributed by atoms with E-state index in [0.717, 1.165) is 28.6 Å². The number of ether oxygens (including phenoxy) is 1. The fraction of sp³-hybridized carbons (Fsp3) is 0.241. The predicted molar refractivity (Wildman–Crippen MR) is 143 cm³/mol. The summed E-state index contributed by atoms with van der Waals surface area (Å²) >= 11 is 6.01. The second-order valence-corrected chi connectivity index (χ2v) is 9.08. The molecule has 0 atom stereocenters. The fourth-order valence-electron chi connectivity index (χ4n) is 4.14. The van der Waals surface area contributed by atoms with E-state index in [1.807, 2.05) is 36.4 Å². The van der Waals surface area contributed by atoms with Gasteiger partial charge in [-0.2, -0.15) is 0 Å². The molecule has 0 saturated carbocycles. The van der Waals surface area contributed by atoms with Gasteiger partial charge in [-0.3, -0.25) is 9.59 Å². The first-order chi connectivity index (χ1) is 17.5.